The maximum Gasteiger partial charge on any atom is 0.255 e. The summed E-state index contributed by atoms with van der Waals surface area (Å²) >= 11 is 0. The van der Waals surface area contributed by atoms with Gasteiger partial charge in [-0.05, 0) is 32.0 Å². The number of likely N-dealkylation sites (N-methyl/N-ethyl adjacent to an activating group) is 1. The van der Waals surface area contributed by atoms with Crippen molar-refractivity contribution >= 4 is 28.5 Å². The molecule has 0 aliphatic heterocycles. The fraction of sp³-hybridized carbons (Fsp3) is 0.235. The highest BCUT2D eigenvalue weighted by atomic mass is 16.2. The zero-order valence-corrected chi connectivity index (χ0v) is 14.2. The van der Waals surface area contributed by atoms with Crippen LogP contribution in [0.2, 0.25) is 0 Å². The van der Waals surface area contributed by atoms with Crippen LogP contribution in [0.3, 0.4) is 0 Å². The summed E-state index contributed by atoms with van der Waals surface area (Å²) in [5, 5.41) is 9.31. The molecule has 25 heavy (non-hydrogen) atoms. The van der Waals surface area contributed by atoms with Crippen molar-refractivity contribution < 1.29 is 9.59 Å². The molecule has 0 saturated heterocycles. The number of carbonyl (C=O) groups is 2. The molecule has 0 fully saturated rings. The number of aryl methyl sites for hydroxylation is 2. The average Bonchev–Trinajstić information content (AvgIpc) is 3.02. The monoisotopic (exact) mass is 338 g/mol. The predicted octanol–water partition coefficient (Wildman–Crippen LogP) is 1.44. The lowest BCUT2D eigenvalue weighted by Gasteiger charge is -2.06. The zero-order chi connectivity index (χ0) is 18.0. The Bertz CT molecular complexity index is 963. The summed E-state index contributed by atoms with van der Waals surface area (Å²) in [6, 6.07) is 5.19. The quantitative estimate of drug-likeness (QED) is 0.749. The van der Waals surface area contributed by atoms with Gasteiger partial charge in [0.15, 0.2) is 0 Å². The van der Waals surface area contributed by atoms with E-state index in [2.05, 4.69) is 25.7 Å². The molecule has 3 aromatic rings. The summed E-state index contributed by atoms with van der Waals surface area (Å²) in [4.78, 5) is 32.7. The first-order valence-corrected chi connectivity index (χ1v) is 7.75. The Hall–Kier alpha value is -3.29. The van der Waals surface area contributed by atoms with Gasteiger partial charge in [-0.1, -0.05) is 0 Å². The number of amides is 2. The van der Waals surface area contributed by atoms with Gasteiger partial charge in [-0.25, -0.2) is 9.97 Å². The summed E-state index contributed by atoms with van der Waals surface area (Å²) < 4.78 is 1.45. The second-order valence-corrected chi connectivity index (χ2v) is 5.65. The normalized spacial score (nSPS) is 10.7. The summed E-state index contributed by atoms with van der Waals surface area (Å²) in [5.41, 5.74) is 4.11. The van der Waals surface area contributed by atoms with Crippen LogP contribution in [0, 0.1) is 13.8 Å². The number of nitrogens with one attached hydrogen (secondary N) is 2. The second kappa shape index (κ2) is 6.68. The smallest absolute Gasteiger partial charge is 0.255 e. The molecule has 0 spiro atoms. The molecule has 2 N–H and O–H groups in total. The largest absolute Gasteiger partial charge is 0.358 e. The number of hydrogen-bond donors (Lipinski definition) is 2. The van der Waals surface area contributed by atoms with E-state index in [0.29, 0.717) is 16.8 Å². The summed E-state index contributed by atoms with van der Waals surface area (Å²) in [6.45, 7) is 3.88. The first-order valence-electron chi connectivity index (χ1n) is 7.75. The Balaban J connectivity index is 1.78. The minimum atomic E-state index is -0.276. The standard InChI is InChI=1S/C17H18N6O2/c1-10-11(2)21-15-6-12(4-5-14(15)20-10)17(25)22-13-7-19-23(8-13)9-16(24)18-3/h4-8H,9H2,1-3H3,(H,18,24)(H,22,25). The number of fused-ring (bicyclic) bond motifs is 1. The van der Waals surface area contributed by atoms with Gasteiger partial charge < -0.3 is 10.6 Å². The van der Waals surface area contributed by atoms with Gasteiger partial charge in [0.25, 0.3) is 5.91 Å². The minimum Gasteiger partial charge on any atom is -0.358 e. The van der Waals surface area contributed by atoms with Crippen LogP contribution in [0.4, 0.5) is 5.69 Å². The lowest BCUT2D eigenvalue weighted by molar-refractivity contribution is -0.121. The van der Waals surface area contributed by atoms with Gasteiger partial charge in [0, 0.05) is 18.8 Å². The van der Waals surface area contributed by atoms with Crippen molar-refractivity contribution in [2.75, 3.05) is 12.4 Å². The highest BCUT2D eigenvalue weighted by molar-refractivity contribution is 6.05. The number of benzene rings is 1. The highest BCUT2D eigenvalue weighted by Gasteiger charge is 2.11. The molecule has 0 unspecified atom stereocenters. The molecule has 0 radical (unpaired) electrons. The summed E-state index contributed by atoms with van der Waals surface area (Å²) in [5.74, 6) is -0.443. The molecular formula is C17H18N6O2. The van der Waals surface area contributed by atoms with Gasteiger partial charge in [0.2, 0.25) is 5.91 Å². The molecule has 0 bridgehead atoms. The van der Waals surface area contributed by atoms with E-state index in [4.69, 9.17) is 0 Å². The molecule has 1 aromatic carbocycles. The van der Waals surface area contributed by atoms with Crippen molar-refractivity contribution in [1.82, 2.24) is 25.1 Å². The van der Waals surface area contributed by atoms with E-state index in [1.807, 2.05) is 13.8 Å². The van der Waals surface area contributed by atoms with Gasteiger partial charge in [-0.3, -0.25) is 14.3 Å². The number of hydrogen-bond acceptors (Lipinski definition) is 5. The fourth-order valence-corrected chi connectivity index (χ4v) is 2.32. The second-order valence-electron chi connectivity index (χ2n) is 5.65. The Morgan fingerprint density at radius 2 is 1.84 bits per heavy atom. The first-order chi connectivity index (χ1) is 12.0. The molecule has 3 rings (SSSR count). The van der Waals surface area contributed by atoms with Crippen molar-refractivity contribution in [3.05, 3.63) is 47.5 Å². The molecule has 8 heteroatoms. The molecule has 128 valence electrons. The van der Waals surface area contributed by atoms with E-state index in [1.54, 1.807) is 31.4 Å². The van der Waals surface area contributed by atoms with Crippen LogP contribution >= 0.6 is 0 Å². The van der Waals surface area contributed by atoms with Gasteiger partial charge >= 0.3 is 0 Å². The Kier molecular flexibility index (Phi) is 4.42. The number of aromatic nitrogens is 4. The zero-order valence-electron chi connectivity index (χ0n) is 14.2. The van der Waals surface area contributed by atoms with E-state index >= 15 is 0 Å². The molecule has 2 aromatic heterocycles. The van der Waals surface area contributed by atoms with Gasteiger partial charge in [-0.15, -0.1) is 0 Å². The topological polar surface area (TPSA) is 102 Å². The summed E-state index contributed by atoms with van der Waals surface area (Å²) in [7, 11) is 1.56. The van der Waals surface area contributed by atoms with Gasteiger partial charge in [-0.2, -0.15) is 5.10 Å². The Morgan fingerprint density at radius 3 is 2.56 bits per heavy atom. The van der Waals surface area contributed by atoms with Crippen LogP contribution < -0.4 is 10.6 Å². The summed E-state index contributed by atoms with van der Waals surface area (Å²) in [6.07, 6.45) is 3.09. The lowest BCUT2D eigenvalue weighted by atomic mass is 10.1. The molecule has 0 atom stereocenters. The van der Waals surface area contributed by atoms with Crippen molar-refractivity contribution in [3.63, 3.8) is 0 Å². The van der Waals surface area contributed by atoms with Crippen LogP contribution in [0.1, 0.15) is 21.7 Å². The maximum absolute atomic E-state index is 12.4. The molecule has 0 aliphatic rings. The van der Waals surface area contributed by atoms with Gasteiger partial charge in [0.1, 0.15) is 6.54 Å². The highest BCUT2D eigenvalue weighted by Crippen LogP contribution is 2.16. The predicted molar refractivity (Wildman–Crippen MR) is 93.3 cm³/mol. The fourth-order valence-electron chi connectivity index (χ4n) is 2.32. The number of rotatable bonds is 4. The van der Waals surface area contributed by atoms with E-state index in [1.165, 1.54) is 10.9 Å². The molecule has 0 saturated carbocycles. The number of nitrogens with zero attached hydrogens (tertiary/aromatic N) is 4. The van der Waals surface area contributed by atoms with E-state index in [0.717, 1.165) is 16.9 Å². The first kappa shape index (κ1) is 16.6. The van der Waals surface area contributed by atoms with E-state index in [9.17, 15) is 9.59 Å². The molecule has 2 heterocycles. The maximum atomic E-state index is 12.4. The van der Waals surface area contributed by atoms with Crippen molar-refractivity contribution in [2.45, 2.75) is 20.4 Å². The van der Waals surface area contributed by atoms with E-state index < -0.39 is 0 Å². The van der Waals surface area contributed by atoms with Gasteiger partial charge in [0.05, 0.1) is 34.3 Å². The Labute approximate surface area is 144 Å². The molecular weight excluding hydrogens is 320 g/mol. The van der Waals surface area contributed by atoms with Crippen LogP contribution in [0.5, 0.6) is 0 Å². The van der Waals surface area contributed by atoms with Crippen molar-refractivity contribution in [3.8, 4) is 0 Å². The Morgan fingerprint density at radius 1 is 1.12 bits per heavy atom. The van der Waals surface area contributed by atoms with E-state index in [-0.39, 0.29) is 18.4 Å². The third kappa shape index (κ3) is 3.63. The molecule has 0 aliphatic carbocycles. The minimum absolute atomic E-state index is 0.0938. The third-order valence-corrected chi connectivity index (χ3v) is 3.81. The van der Waals surface area contributed by atoms with Crippen LogP contribution in [0.25, 0.3) is 11.0 Å². The van der Waals surface area contributed by atoms with Crippen LogP contribution in [0.15, 0.2) is 30.6 Å². The third-order valence-electron chi connectivity index (χ3n) is 3.81. The number of carbonyl (C=O) groups excluding carboxylic acids is 2. The molecule has 8 nitrogen and oxygen atoms in total. The van der Waals surface area contributed by atoms with Crippen molar-refractivity contribution in [1.29, 1.82) is 0 Å². The van der Waals surface area contributed by atoms with Crippen LogP contribution in [-0.2, 0) is 11.3 Å². The SMILES string of the molecule is CNC(=O)Cn1cc(NC(=O)c2ccc3nc(C)c(C)nc3c2)cn1. The molecule has 2 amide bonds. The average molecular weight is 338 g/mol. The van der Waals surface area contributed by atoms with Crippen molar-refractivity contribution in [2.24, 2.45) is 0 Å². The van der Waals surface area contributed by atoms with Crippen LogP contribution in [-0.4, -0.2) is 38.6 Å². The lowest BCUT2D eigenvalue weighted by Crippen LogP contribution is -2.23. The number of anilines is 1.